The third kappa shape index (κ3) is 10.3. The van der Waals surface area contributed by atoms with Crippen LogP contribution in [0, 0.1) is 11.8 Å². The van der Waals surface area contributed by atoms with Gasteiger partial charge in [0.1, 0.15) is 5.83 Å². The first kappa shape index (κ1) is 19.0. The lowest BCUT2D eigenvalue weighted by atomic mass is 10.1. The van der Waals surface area contributed by atoms with Crippen LogP contribution < -0.4 is 0 Å². The highest BCUT2D eigenvalue weighted by molar-refractivity contribution is 5.68. The van der Waals surface area contributed by atoms with Gasteiger partial charge in [-0.3, -0.25) is 4.79 Å². The first-order valence-corrected chi connectivity index (χ1v) is 8.20. The fraction of sp³-hybridized carbons (Fsp3) is 0.450. The summed E-state index contributed by atoms with van der Waals surface area (Å²) < 4.78 is 18.2. The molecular weight excluding hydrogens is 291 g/mol. The van der Waals surface area contributed by atoms with Gasteiger partial charge in [0.25, 0.3) is 0 Å². The van der Waals surface area contributed by atoms with Crippen molar-refractivity contribution in [2.75, 3.05) is 7.11 Å². The van der Waals surface area contributed by atoms with Crippen LogP contribution in [0.15, 0.2) is 42.2 Å². The number of esters is 1. The van der Waals surface area contributed by atoms with Crippen molar-refractivity contribution >= 4 is 5.97 Å². The smallest absolute Gasteiger partial charge is 0.305 e. The highest BCUT2D eigenvalue weighted by atomic mass is 19.1. The molecule has 1 rings (SSSR count). The van der Waals surface area contributed by atoms with Gasteiger partial charge in [-0.05, 0) is 31.4 Å². The predicted octanol–water partition coefficient (Wildman–Crippen LogP) is 5.19. The Kier molecular flexibility index (Phi) is 10.3. The molecule has 0 N–H and O–H groups in total. The molecule has 0 bridgehead atoms. The lowest BCUT2D eigenvalue weighted by Crippen LogP contribution is -1.99. The van der Waals surface area contributed by atoms with Gasteiger partial charge in [0.05, 0.1) is 7.11 Å². The molecule has 3 heteroatoms. The second kappa shape index (κ2) is 12.5. The van der Waals surface area contributed by atoms with Gasteiger partial charge in [0.15, 0.2) is 0 Å². The summed E-state index contributed by atoms with van der Waals surface area (Å²) in [5.41, 5.74) is 0.892. The number of ether oxygens (including phenoxy) is 1. The number of carbonyl (C=O) groups is 1. The summed E-state index contributed by atoms with van der Waals surface area (Å²) in [5, 5.41) is 0. The molecule has 0 aliphatic rings. The van der Waals surface area contributed by atoms with E-state index in [9.17, 15) is 9.18 Å². The van der Waals surface area contributed by atoms with Crippen LogP contribution in [0.2, 0.25) is 0 Å². The molecule has 0 aliphatic carbocycles. The minimum Gasteiger partial charge on any atom is -0.469 e. The van der Waals surface area contributed by atoms with Gasteiger partial charge < -0.3 is 4.74 Å². The van der Waals surface area contributed by atoms with E-state index in [-0.39, 0.29) is 11.8 Å². The predicted molar refractivity (Wildman–Crippen MR) is 91.5 cm³/mol. The van der Waals surface area contributed by atoms with E-state index in [1.165, 1.54) is 13.2 Å². The fourth-order valence-electron chi connectivity index (χ4n) is 2.16. The summed E-state index contributed by atoms with van der Waals surface area (Å²) in [4.78, 5) is 10.9. The number of hydrogen-bond donors (Lipinski definition) is 0. The maximum atomic E-state index is 13.6. The summed E-state index contributed by atoms with van der Waals surface area (Å²) in [6.07, 6.45) is 8.20. The van der Waals surface area contributed by atoms with E-state index in [0.29, 0.717) is 12.8 Å². The first-order chi connectivity index (χ1) is 11.2. The SMILES string of the molecule is COC(=O)CCCCCCCC/C(F)=C/C#Cc1ccccc1. The average molecular weight is 316 g/mol. The molecule has 0 heterocycles. The Bertz CT molecular complexity index is 538. The van der Waals surface area contributed by atoms with Crippen molar-refractivity contribution in [3.8, 4) is 11.8 Å². The number of halogens is 1. The van der Waals surface area contributed by atoms with Crippen LogP contribution in [0.5, 0.6) is 0 Å². The van der Waals surface area contributed by atoms with Crippen molar-refractivity contribution < 1.29 is 13.9 Å². The molecule has 1 aromatic carbocycles. The van der Waals surface area contributed by atoms with Crippen molar-refractivity contribution in [2.45, 2.75) is 51.4 Å². The number of hydrogen-bond acceptors (Lipinski definition) is 2. The summed E-state index contributed by atoms with van der Waals surface area (Å²) >= 11 is 0. The third-order valence-corrected chi connectivity index (χ3v) is 3.49. The van der Waals surface area contributed by atoms with E-state index in [0.717, 1.165) is 44.1 Å². The number of methoxy groups -OCH3 is 1. The number of allylic oxidation sites excluding steroid dienone is 2. The molecule has 0 saturated heterocycles. The van der Waals surface area contributed by atoms with Gasteiger partial charge in [-0.15, -0.1) is 0 Å². The molecule has 0 amide bonds. The molecule has 0 unspecified atom stereocenters. The van der Waals surface area contributed by atoms with Crippen LogP contribution in [-0.2, 0) is 9.53 Å². The minimum atomic E-state index is -0.154. The van der Waals surface area contributed by atoms with Gasteiger partial charge in [0.2, 0.25) is 0 Å². The molecule has 0 aliphatic heterocycles. The highest BCUT2D eigenvalue weighted by Crippen LogP contribution is 2.13. The van der Waals surface area contributed by atoms with Crippen molar-refractivity contribution in [1.82, 2.24) is 0 Å². The third-order valence-electron chi connectivity index (χ3n) is 3.49. The highest BCUT2D eigenvalue weighted by Gasteiger charge is 1.99. The fourth-order valence-corrected chi connectivity index (χ4v) is 2.16. The van der Waals surface area contributed by atoms with Crippen LogP contribution in [0.3, 0.4) is 0 Å². The molecule has 2 nitrogen and oxygen atoms in total. The quantitative estimate of drug-likeness (QED) is 0.356. The van der Waals surface area contributed by atoms with Gasteiger partial charge in [0, 0.05) is 18.1 Å². The molecule has 0 radical (unpaired) electrons. The normalized spacial score (nSPS) is 10.8. The van der Waals surface area contributed by atoms with Crippen molar-refractivity contribution in [1.29, 1.82) is 0 Å². The second-order valence-corrected chi connectivity index (χ2v) is 5.42. The molecule has 124 valence electrons. The van der Waals surface area contributed by atoms with E-state index in [1.807, 2.05) is 30.3 Å². The van der Waals surface area contributed by atoms with Crippen LogP contribution in [0.1, 0.15) is 56.9 Å². The summed E-state index contributed by atoms with van der Waals surface area (Å²) in [5.74, 6) is 5.37. The molecule has 0 spiro atoms. The Labute approximate surface area is 138 Å². The Morgan fingerprint density at radius 1 is 1.04 bits per heavy atom. The first-order valence-electron chi connectivity index (χ1n) is 8.20. The van der Waals surface area contributed by atoms with Gasteiger partial charge >= 0.3 is 5.97 Å². The van der Waals surface area contributed by atoms with Crippen molar-refractivity contribution in [3.63, 3.8) is 0 Å². The monoisotopic (exact) mass is 316 g/mol. The Balaban J connectivity index is 2.06. The van der Waals surface area contributed by atoms with Crippen LogP contribution in [-0.4, -0.2) is 13.1 Å². The largest absolute Gasteiger partial charge is 0.469 e. The van der Waals surface area contributed by atoms with Gasteiger partial charge in [-0.2, -0.15) is 0 Å². The maximum Gasteiger partial charge on any atom is 0.305 e. The zero-order chi connectivity index (χ0) is 16.8. The molecule has 0 fully saturated rings. The number of rotatable bonds is 9. The van der Waals surface area contributed by atoms with Gasteiger partial charge in [-0.25, -0.2) is 4.39 Å². The summed E-state index contributed by atoms with van der Waals surface area (Å²) in [6, 6.07) is 9.56. The van der Waals surface area contributed by atoms with Gasteiger partial charge in [-0.1, -0.05) is 55.7 Å². The maximum absolute atomic E-state index is 13.6. The van der Waals surface area contributed by atoms with Crippen LogP contribution in [0.25, 0.3) is 0 Å². The molecule has 0 aromatic heterocycles. The number of carbonyl (C=O) groups excluding carboxylic acids is 1. The molecule has 0 atom stereocenters. The topological polar surface area (TPSA) is 26.3 Å². The average Bonchev–Trinajstić information content (AvgIpc) is 2.58. The summed E-state index contributed by atoms with van der Waals surface area (Å²) in [7, 11) is 1.41. The Hall–Kier alpha value is -2.08. The van der Waals surface area contributed by atoms with Crippen molar-refractivity contribution in [3.05, 3.63) is 47.8 Å². The van der Waals surface area contributed by atoms with E-state index >= 15 is 0 Å². The molecule has 23 heavy (non-hydrogen) atoms. The molecule has 1 aromatic rings. The molecule has 0 saturated carbocycles. The van der Waals surface area contributed by atoms with Crippen LogP contribution >= 0.6 is 0 Å². The standard InChI is InChI=1S/C20H25FO2/c1-23-20(22)17-10-5-3-2-4-9-15-19(21)16-11-14-18-12-7-6-8-13-18/h6-8,12-13,16H,2-5,9-10,15,17H2,1H3/b19-16-. The van der Waals surface area contributed by atoms with E-state index in [1.54, 1.807) is 0 Å². The zero-order valence-corrected chi connectivity index (χ0v) is 13.8. The lowest BCUT2D eigenvalue weighted by Gasteiger charge is -2.01. The Morgan fingerprint density at radius 2 is 1.65 bits per heavy atom. The summed E-state index contributed by atoms with van der Waals surface area (Å²) in [6.45, 7) is 0. The minimum absolute atomic E-state index is 0.145. The van der Waals surface area contributed by atoms with Crippen molar-refractivity contribution in [2.24, 2.45) is 0 Å². The van der Waals surface area contributed by atoms with E-state index < -0.39 is 0 Å². The Morgan fingerprint density at radius 3 is 2.30 bits per heavy atom. The number of unbranched alkanes of at least 4 members (excludes halogenated alkanes) is 5. The zero-order valence-electron chi connectivity index (χ0n) is 13.8. The lowest BCUT2D eigenvalue weighted by molar-refractivity contribution is -0.140. The van der Waals surface area contributed by atoms with E-state index in [2.05, 4.69) is 16.6 Å². The second-order valence-electron chi connectivity index (χ2n) is 5.42. The number of benzene rings is 1. The van der Waals surface area contributed by atoms with Crippen LogP contribution in [0.4, 0.5) is 4.39 Å². The molecular formula is C20H25FO2. The van der Waals surface area contributed by atoms with E-state index in [4.69, 9.17) is 0 Å².